The molecule has 0 aliphatic rings. The zero-order valence-electron chi connectivity index (χ0n) is 18.4. The fourth-order valence-electron chi connectivity index (χ4n) is 3.26. The second kappa shape index (κ2) is 9.61. The second-order valence-electron chi connectivity index (χ2n) is 7.65. The zero-order chi connectivity index (χ0) is 27.0. The van der Waals surface area contributed by atoms with Crippen LogP contribution in [0.25, 0.3) is 22.9 Å². The summed E-state index contributed by atoms with van der Waals surface area (Å²) in [6.45, 7) is -1.80. The number of aliphatic hydroxyl groups is 1. The summed E-state index contributed by atoms with van der Waals surface area (Å²) in [6.07, 6.45) is -3.75. The van der Waals surface area contributed by atoms with Gasteiger partial charge < -0.3 is 20.1 Å². The Morgan fingerprint density at radius 3 is 2.51 bits per heavy atom. The van der Waals surface area contributed by atoms with E-state index in [0.29, 0.717) is 6.20 Å². The number of carboxylic acid groups (broad SMARTS) is 1. The molecule has 1 aromatic carbocycles. The highest BCUT2D eigenvalue weighted by molar-refractivity contribution is 6.38. The van der Waals surface area contributed by atoms with E-state index < -0.39 is 41.7 Å². The van der Waals surface area contributed by atoms with E-state index in [2.05, 4.69) is 20.2 Å². The third-order valence-electron chi connectivity index (χ3n) is 5.24. The number of alkyl halides is 3. The predicted octanol–water partition coefficient (Wildman–Crippen LogP) is 1.91. The molecule has 3 heterocycles. The zero-order valence-corrected chi connectivity index (χ0v) is 18.4. The molecule has 4 aromatic rings. The molecule has 16 heteroatoms. The standard InChI is InChI=1S/C21H14BF5N6O4/c22-14-15(18-28-7-12(24)17(30-18)29-9-20(36,19(34)35)21(25,26)27)31-33(16(14)13-5-6-37-32-13)8-10-3-1-2-4-11(10)23/h1-7,36H,8-9H2,(H,34,35)(H,28,29,30). The first-order chi connectivity index (χ1) is 17.4. The highest BCUT2D eigenvalue weighted by Gasteiger charge is 2.60. The molecule has 0 aliphatic heterocycles. The molecular weight excluding hydrogens is 506 g/mol. The Bertz CT molecular complexity index is 1450. The molecule has 1 unspecified atom stereocenters. The number of benzene rings is 1. The average molecular weight is 520 g/mol. The molecule has 0 fully saturated rings. The average Bonchev–Trinajstić information content (AvgIpc) is 3.46. The number of hydrogen-bond donors (Lipinski definition) is 3. The highest BCUT2D eigenvalue weighted by atomic mass is 19.4. The van der Waals surface area contributed by atoms with Gasteiger partial charge in [0.15, 0.2) is 17.5 Å². The van der Waals surface area contributed by atoms with Crippen molar-refractivity contribution in [3.63, 3.8) is 0 Å². The topological polar surface area (TPSA) is 139 Å². The molecular formula is C21H14BF5N6O4. The van der Waals surface area contributed by atoms with Gasteiger partial charge in [0.25, 0.3) is 5.60 Å². The van der Waals surface area contributed by atoms with Crippen molar-refractivity contribution < 1.29 is 41.5 Å². The lowest BCUT2D eigenvalue weighted by Crippen LogP contribution is -2.56. The first kappa shape index (κ1) is 25.7. The maximum Gasteiger partial charge on any atom is 0.429 e. The highest BCUT2D eigenvalue weighted by Crippen LogP contribution is 2.31. The number of carboxylic acids is 1. The number of hydrogen-bond acceptors (Lipinski definition) is 8. The van der Waals surface area contributed by atoms with Crippen LogP contribution in [0.5, 0.6) is 0 Å². The molecule has 1 atom stereocenters. The van der Waals surface area contributed by atoms with Crippen LogP contribution in [0.3, 0.4) is 0 Å². The Hall–Kier alpha value is -4.34. The summed E-state index contributed by atoms with van der Waals surface area (Å²) < 4.78 is 73.9. The first-order valence-electron chi connectivity index (χ1n) is 10.2. The third-order valence-corrected chi connectivity index (χ3v) is 5.24. The van der Waals surface area contributed by atoms with Gasteiger partial charge in [-0.15, -0.1) is 0 Å². The molecule has 37 heavy (non-hydrogen) atoms. The van der Waals surface area contributed by atoms with Crippen molar-refractivity contribution in [2.24, 2.45) is 0 Å². The van der Waals surface area contributed by atoms with E-state index in [1.807, 2.05) is 5.32 Å². The van der Waals surface area contributed by atoms with Crippen LogP contribution < -0.4 is 10.8 Å². The van der Waals surface area contributed by atoms with Crippen LogP contribution >= 0.6 is 0 Å². The van der Waals surface area contributed by atoms with Crippen molar-refractivity contribution >= 4 is 25.1 Å². The molecule has 0 bridgehead atoms. The van der Waals surface area contributed by atoms with E-state index in [1.165, 1.54) is 35.2 Å². The predicted molar refractivity (Wildman–Crippen MR) is 117 cm³/mol. The summed E-state index contributed by atoms with van der Waals surface area (Å²) in [5.74, 6) is -5.62. The van der Waals surface area contributed by atoms with Gasteiger partial charge in [0.05, 0.1) is 25.0 Å². The molecule has 0 amide bonds. The van der Waals surface area contributed by atoms with E-state index in [9.17, 15) is 31.9 Å². The van der Waals surface area contributed by atoms with Crippen molar-refractivity contribution in [1.82, 2.24) is 24.9 Å². The van der Waals surface area contributed by atoms with Crippen LogP contribution in [-0.4, -0.2) is 67.3 Å². The van der Waals surface area contributed by atoms with Gasteiger partial charge >= 0.3 is 12.1 Å². The number of carbonyl (C=O) groups is 1. The number of rotatable bonds is 8. The monoisotopic (exact) mass is 520 g/mol. The van der Waals surface area contributed by atoms with Crippen LogP contribution in [0.1, 0.15) is 5.56 Å². The number of nitrogens with zero attached hydrogens (tertiary/aromatic N) is 5. The molecule has 0 aliphatic carbocycles. The largest absolute Gasteiger partial charge is 0.479 e. The van der Waals surface area contributed by atoms with Crippen molar-refractivity contribution in [1.29, 1.82) is 0 Å². The van der Waals surface area contributed by atoms with Crippen LogP contribution in [-0.2, 0) is 11.3 Å². The van der Waals surface area contributed by atoms with Crippen molar-refractivity contribution in [2.75, 3.05) is 11.9 Å². The van der Waals surface area contributed by atoms with Crippen LogP contribution in [0.4, 0.5) is 27.8 Å². The summed E-state index contributed by atoms with van der Waals surface area (Å²) in [4.78, 5) is 18.6. The maximum atomic E-state index is 14.3. The van der Waals surface area contributed by atoms with Crippen molar-refractivity contribution in [3.05, 3.63) is 60.0 Å². The minimum absolute atomic E-state index is 0.0971. The summed E-state index contributed by atoms with van der Waals surface area (Å²) in [5.41, 5.74) is -3.91. The van der Waals surface area contributed by atoms with E-state index in [-0.39, 0.29) is 40.5 Å². The van der Waals surface area contributed by atoms with Crippen molar-refractivity contribution in [3.8, 4) is 22.9 Å². The van der Waals surface area contributed by atoms with E-state index >= 15 is 0 Å². The lowest BCUT2D eigenvalue weighted by molar-refractivity contribution is -0.255. The van der Waals surface area contributed by atoms with Crippen molar-refractivity contribution in [2.45, 2.75) is 18.3 Å². The first-order valence-corrected chi connectivity index (χ1v) is 10.2. The quantitative estimate of drug-likeness (QED) is 0.235. The third kappa shape index (κ3) is 4.87. The lowest BCUT2D eigenvalue weighted by atomic mass is 9.91. The Kier molecular flexibility index (Phi) is 6.69. The summed E-state index contributed by atoms with van der Waals surface area (Å²) in [5, 5.41) is 28.3. The molecule has 3 aromatic heterocycles. The van der Waals surface area contributed by atoms with Gasteiger partial charge in [-0.2, -0.15) is 18.3 Å². The fraction of sp³-hybridized carbons (Fsp3) is 0.190. The SMILES string of the molecule is [B]c1c(-c2ncc(F)c(NCC(O)(C(=O)O)C(F)(F)F)n2)nn(Cc2ccccc2F)c1-c1ccon1. The minimum Gasteiger partial charge on any atom is -0.479 e. The van der Waals surface area contributed by atoms with Gasteiger partial charge in [-0.3, -0.25) is 4.68 Å². The van der Waals surface area contributed by atoms with E-state index in [4.69, 9.17) is 17.5 Å². The smallest absolute Gasteiger partial charge is 0.429 e. The maximum absolute atomic E-state index is 14.3. The molecule has 0 saturated heterocycles. The Morgan fingerprint density at radius 1 is 1.16 bits per heavy atom. The second-order valence-corrected chi connectivity index (χ2v) is 7.65. The number of nitrogens with one attached hydrogen (secondary N) is 1. The van der Waals surface area contributed by atoms with Crippen LogP contribution in [0.15, 0.2) is 47.3 Å². The summed E-state index contributed by atoms with van der Waals surface area (Å²) in [7, 11) is 6.23. The number of anilines is 1. The lowest BCUT2D eigenvalue weighted by Gasteiger charge is -2.26. The fourth-order valence-corrected chi connectivity index (χ4v) is 3.26. The summed E-state index contributed by atoms with van der Waals surface area (Å²) >= 11 is 0. The van der Waals surface area contributed by atoms with Gasteiger partial charge in [-0.05, 0) is 11.5 Å². The number of aliphatic carboxylic acids is 1. The Labute approximate surface area is 205 Å². The normalized spacial score (nSPS) is 13.4. The molecule has 0 spiro atoms. The van der Waals surface area contributed by atoms with Gasteiger partial charge in [-0.25, -0.2) is 23.5 Å². The summed E-state index contributed by atoms with van der Waals surface area (Å²) in [6, 6.07) is 7.27. The van der Waals surface area contributed by atoms with E-state index in [1.54, 1.807) is 6.07 Å². The van der Waals surface area contributed by atoms with Crippen LogP contribution in [0.2, 0.25) is 0 Å². The van der Waals surface area contributed by atoms with Gasteiger partial charge in [0, 0.05) is 11.6 Å². The minimum atomic E-state index is -5.58. The molecule has 3 N–H and O–H groups in total. The van der Waals surface area contributed by atoms with E-state index in [0.717, 1.165) is 0 Å². The van der Waals surface area contributed by atoms with Gasteiger partial charge in [0.2, 0.25) is 0 Å². The molecule has 2 radical (unpaired) electrons. The Morgan fingerprint density at radius 2 is 1.89 bits per heavy atom. The number of aromatic nitrogens is 5. The molecule has 190 valence electrons. The van der Waals surface area contributed by atoms with Gasteiger partial charge in [-0.1, -0.05) is 23.4 Å². The Balaban J connectivity index is 1.74. The molecule has 10 nitrogen and oxygen atoms in total. The number of halogens is 5. The van der Waals surface area contributed by atoms with Gasteiger partial charge in [0.1, 0.15) is 31.3 Å². The van der Waals surface area contributed by atoms with Crippen LogP contribution in [0, 0.1) is 11.6 Å². The molecule has 0 saturated carbocycles. The molecule has 4 rings (SSSR count).